The first-order valence-electron chi connectivity index (χ1n) is 9.87. The highest BCUT2D eigenvalue weighted by atomic mass is 35.5. The second-order valence-corrected chi connectivity index (χ2v) is 7.94. The van der Waals surface area contributed by atoms with Gasteiger partial charge in [-0.1, -0.05) is 41.9 Å². The molecular weight excluding hydrogens is 376 g/mol. The fourth-order valence-electron chi connectivity index (χ4n) is 3.91. The summed E-state index contributed by atoms with van der Waals surface area (Å²) >= 11 is 6.11. The van der Waals surface area contributed by atoms with Crippen molar-refractivity contribution in [2.75, 3.05) is 39.5 Å². The third kappa shape index (κ3) is 4.66. The van der Waals surface area contributed by atoms with Crippen LogP contribution in [0.2, 0.25) is 5.02 Å². The van der Waals surface area contributed by atoms with Crippen LogP contribution >= 0.6 is 11.6 Å². The zero-order valence-electron chi connectivity index (χ0n) is 15.8. The van der Waals surface area contributed by atoms with Crippen LogP contribution in [0.1, 0.15) is 17.2 Å². The monoisotopic (exact) mass is 401 g/mol. The van der Waals surface area contributed by atoms with Gasteiger partial charge in [-0.3, -0.25) is 4.79 Å². The number of hydrogen-bond donors (Lipinski definition) is 2. The highest BCUT2D eigenvalue weighted by Crippen LogP contribution is 2.30. The quantitative estimate of drug-likeness (QED) is 0.801. The van der Waals surface area contributed by atoms with Crippen LogP contribution in [0.5, 0.6) is 5.75 Å². The van der Waals surface area contributed by atoms with E-state index in [2.05, 4.69) is 17.4 Å². The van der Waals surface area contributed by atoms with Crippen LogP contribution in [0.4, 0.5) is 0 Å². The van der Waals surface area contributed by atoms with Crippen molar-refractivity contribution in [2.24, 2.45) is 5.92 Å². The molecule has 6 heteroatoms. The Labute approximate surface area is 170 Å². The van der Waals surface area contributed by atoms with Gasteiger partial charge in [0.2, 0.25) is 5.91 Å². The Morgan fingerprint density at radius 2 is 1.96 bits per heavy atom. The van der Waals surface area contributed by atoms with Gasteiger partial charge in [0.25, 0.3) is 0 Å². The molecule has 0 saturated carbocycles. The number of rotatable bonds is 5. The van der Waals surface area contributed by atoms with Crippen molar-refractivity contribution in [1.82, 2.24) is 5.32 Å². The summed E-state index contributed by atoms with van der Waals surface area (Å²) in [5.41, 5.74) is 2.13. The van der Waals surface area contributed by atoms with Crippen LogP contribution in [0.3, 0.4) is 0 Å². The number of hydrogen-bond acceptors (Lipinski definition) is 3. The summed E-state index contributed by atoms with van der Waals surface area (Å²) in [6.07, 6.45) is 0.646. The van der Waals surface area contributed by atoms with Gasteiger partial charge in [0, 0.05) is 5.02 Å². The van der Waals surface area contributed by atoms with Gasteiger partial charge in [0.1, 0.15) is 38.0 Å². The minimum absolute atomic E-state index is 0.0254. The molecule has 0 aliphatic carbocycles. The summed E-state index contributed by atoms with van der Waals surface area (Å²) < 4.78 is 11.3. The molecular formula is C22H26ClN2O3+. The Kier molecular flexibility index (Phi) is 6.15. The lowest BCUT2D eigenvalue weighted by Gasteiger charge is -2.30. The lowest BCUT2D eigenvalue weighted by atomic mass is 9.95. The SMILES string of the molecule is O=C(N[C@@H](C[NH+]1CCOCC1)c1ccccc1)[C@H]1COc2ccc(Cl)cc2C1. The normalized spacial score (nSPS) is 20.7. The van der Waals surface area contributed by atoms with E-state index >= 15 is 0 Å². The maximum absolute atomic E-state index is 13.1. The van der Waals surface area contributed by atoms with E-state index in [9.17, 15) is 4.79 Å². The predicted molar refractivity (Wildman–Crippen MR) is 108 cm³/mol. The molecule has 2 atom stereocenters. The van der Waals surface area contributed by atoms with Gasteiger partial charge < -0.3 is 19.7 Å². The Morgan fingerprint density at radius 1 is 1.18 bits per heavy atom. The fourth-order valence-corrected chi connectivity index (χ4v) is 4.11. The molecule has 148 valence electrons. The van der Waals surface area contributed by atoms with Gasteiger partial charge in [-0.2, -0.15) is 0 Å². The molecule has 28 heavy (non-hydrogen) atoms. The molecule has 1 amide bonds. The number of quaternary nitrogens is 1. The molecule has 1 saturated heterocycles. The number of halogens is 1. The van der Waals surface area contributed by atoms with Gasteiger partial charge in [0.15, 0.2) is 0 Å². The second-order valence-electron chi connectivity index (χ2n) is 7.50. The van der Waals surface area contributed by atoms with E-state index < -0.39 is 0 Å². The van der Waals surface area contributed by atoms with Crippen molar-refractivity contribution in [3.8, 4) is 5.75 Å². The van der Waals surface area contributed by atoms with E-state index in [-0.39, 0.29) is 17.9 Å². The number of nitrogens with one attached hydrogen (secondary N) is 2. The van der Waals surface area contributed by atoms with E-state index in [0.717, 1.165) is 49.7 Å². The Morgan fingerprint density at radius 3 is 2.75 bits per heavy atom. The third-order valence-electron chi connectivity index (χ3n) is 5.51. The smallest absolute Gasteiger partial charge is 0.227 e. The maximum Gasteiger partial charge on any atom is 0.227 e. The van der Waals surface area contributed by atoms with Crippen LogP contribution < -0.4 is 15.0 Å². The number of ether oxygens (including phenoxy) is 2. The van der Waals surface area contributed by atoms with Crippen LogP contribution in [-0.2, 0) is 16.0 Å². The average molecular weight is 402 g/mol. The van der Waals surface area contributed by atoms with E-state index in [1.807, 2.05) is 36.4 Å². The van der Waals surface area contributed by atoms with Gasteiger partial charge >= 0.3 is 0 Å². The summed E-state index contributed by atoms with van der Waals surface area (Å²) in [4.78, 5) is 14.5. The predicted octanol–water partition coefficient (Wildman–Crippen LogP) is 1.66. The number of fused-ring (bicyclic) bond motifs is 1. The Balaban J connectivity index is 1.46. The topological polar surface area (TPSA) is 52.0 Å². The summed E-state index contributed by atoms with van der Waals surface area (Å²) in [7, 11) is 0. The summed E-state index contributed by atoms with van der Waals surface area (Å²) in [6, 6.07) is 15.8. The highest BCUT2D eigenvalue weighted by molar-refractivity contribution is 6.30. The molecule has 0 spiro atoms. The van der Waals surface area contributed by atoms with Crippen molar-refractivity contribution in [3.05, 3.63) is 64.7 Å². The molecule has 0 unspecified atom stereocenters. The molecule has 2 aliphatic rings. The molecule has 0 radical (unpaired) electrons. The minimum Gasteiger partial charge on any atom is -0.492 e. The first-order chi connectivity index (χ1) is 13.7. The van der Waals surface area contributed by atoms with Gasteiger partial charge in [-0.25, -0.2) is 0 Å². The van der Waals surface area contributed by atoms with Gasteiger partial charge in [-0.05, 0) is 35.7 Å². The van der Waals surface area contributed by atoms with Gasteiger partial charge in [0.05, 0.1) is 19.1 Å². The van der Waals surface area contributed by atoms with Crippen LogP contribution in [0, 0.1) is 5.92 Å². The Bertz CT molecular complexity index is 809. The molecule has 4 rings (SSSR count). The molecule has 5 nitrogen and oxygen atoms in total. The maximum atomic E-state index is 13.1. The van der Waals surface area contributed by atoms with Crippen molar-refractivity contribution < 1.29 is 19.2 Å². The Hall–Kier alpha value is -2.08. The highest BCUT2D eigenvalue weighted by Gasteiger charge is 2.30. The van der Waals surface area contributed by atoms with E-state index in [4.69, 9.17) is 21.1 Å². The summed E-state index contributed by atoms with van der Waals surface area (Å²) in [5.74, 6) is 0.648. The van der Waals surface area contributed by atoms with Crippen LogP contribution in [0.25, 0.3) is 0 Å². The van der Waals surface area contributed by atoms with Gasteiger partial charge in [-0.15, -0.1) is 0 Å². The molecule has 1 fully saturated rings. The molecule has 2 N–H and O–H groups in total. The number of morpholine rings is 1. The summed E-state index contributed by atoms with van der Waals surface area (Å²) in [5, 5.41) is 3.95. The van der Waals surface area contributed by atoms with Crippen molar-refractivity contribution in [3.63, 3.8) is 0 Å². The minimum atomic E-state index is -0.211. The molecule has 2 aromatic rings. The largest absolute Gasteiger partial charge is 0.492 e. The number of amides is 1. The molecule has 2 aromatic carbocycles. The van der Waals surface area contributed by atoms with Crippen LogP contribution in [0.15, 0.2) is 48.5 Å². The van der Waals surface area contributed by atoms with Crippen molar-refractivity contribution in [1.29, 1.82) is 0 Å². The summed E-state index contributed by atoms with van der Waals surface area (Å²) in [6.45, 7) is 4.74. The van der Waals surface area contributed by atoms with E-state index in [1.54, 1.807) is 0 Å². The fraction of sp³-hybridized carbons (Fsp3) is 0.409. The van der Waals surface area contributed by atoms with E-state index in [1.165, 1.54) is 4.90 Å². The number of benzene rings is 2. The van der Waals surface area contributed by atoms with Crippen molar-refractivity contribution >= 4 is 17.5 Å². The number of carbonyl (C=O) groups excluding carboxylic acids is 1. The first kappa shape index (κ1) is 19.2. The zero-order valence-corrected chi connectivity index (χ0v) is 16.6. The number of carbonyl (C=O) groups is 1. The third-order valence-corrected chi connectivity index (χ3v) is 5.75. The zero-order chi connectivity index (χ0) is 19.3. The molecule has 0 bridgehead atoms. The second kappa shape index (κ2) is 8.95. The molecule has 0 aromatic heterocycles. The molecule has 2 aliphatic heterocycles. The molecule has 2 heterocycles. The lowest BCUT2D eigenvalue weighted by Crippen LogP contribution is -3.14. The lowest BCUT2D eigenvalue weighted by molar-refractivity contribution is -0.909. The standard InChI is InChI=1S/C22H25ClN2O3/c23-19-6-7-21-17(13-19)12-18(15-28-21)22(26)24-20(16-4-2-1-3-5-16)14-25-8-10-27-11-9-25/h1-7,13,18,20H,8-12,14-15H2,(H,24,26)/p+1/t18-,20+/m1/s1. The van der Waals surface area contributed by atoms with Crippen LogP contribution in [-0.4, -0.2) is 45.4 Å². The first-order valence-corrected chi connectivity index (χ1v) is 10.2. The van der Waals surface area contributed by atoms with E-state index in [0.29, 0.717) is 18.1 Å². The van der Waals surface area contributed by atoms with Crippen molar-refractivity contribution in [2.45, 2.75) is 12.5 Å². The average Bonchev–Trinajstić information content (AvgIpc) is 2.74.